The normalized spacial score (nSPS) is 11.5. The summed E-state index contributed by atoms with van der Waals surface area (Å²) in [4.78, 5) is 9.57. The average Bonchev–Trinajstić information content (AvgIpc) is 2.92. The van der Waals surface area contributed by atoms with E-state index in [1.54, 1.807) is 0 Å². The molecule has 2 aromatic heterocycles. The van der Waals surface area contributed by atoms with Gasteiger partial charge in [0.1, 0.15) is 0 Å². The van der Waals surface area contributed by atoms with Crippen LogP contribution < -0.4 is 0 Å². The highest BCUT2D eigenvalue weighted by atomic mass is 14.7. The molecule has 2 heterocycles. The molecule has 0 radical (unpaired) electrons. The smallest absolute Gasteiger partial charge is 0.0714 e. The molecule has 0 N–H and O–H groups in total. The van der Waals surface area contributed by atoms with Crippen LogP contribution in [0.15, 0.2) is 122 Å². The zero-order valence-corrected chi connectivity index (χ0v) is 18.4. The van der Waals surface area contributed by atoms with Gasteiger partial charge in [0.25, 0.3) is 0 Å². The van der Waals surface area contributed by atoms with E-state index in [0.29, 0.717) is 0 Å². The van der Waals surface area contributed by atoms with E-state index in [0.717, 1.165) is 11.4 Å². The van der Waals surface area contributed by atoms with Crippen molar-refractivity contribution >= 4 is 43.1 Å². The summed E-state index contributed by atoms with van der Waals surface area (Å²) in [5.41, 5.74) is 4.31. The van der Waals surface area contributed by atoms with Crippen LogP contribution in [-0.2, 0) is 0 Å². The Morgan fingerprint density at radius 2 is 0.912 bits per heavy atom. The van der Waals surface area contributed by atoms with Gasteiger partial charge in [-0.05, 0) is 62.0 Å². The van der Waals surface area contributed by atoms with Gasteiger partial charge in [0.2, 0.25) is 0 Å². The van der Waals surface area contributed by atoms with Crippen molar-refractivity contribution in [3.05, 3.63) is 122 Å². The van der Waals surface area contributed by atoms with Crippen LogP contribution in [0.25, 0.3) is 65.6 Å². The minimum absolute atomic E-state index is 0.983. The molecule has 0 amide bonds. The minimum atomic E-state index is 0.983. The van der Waals surface area contributed by atoms with Crippen molar-refractivity contribution in [1.29, 1.82) is 0 Å². The maximum absolute atomic E-state index is 4.81. The molecule has 2 heteroatoms. The van der Waals surface area contributed by atoms with Crippen LogP contribution >= 0.6 is 0 Å². The number of hydrogen-bond acceptors (Lipinski definition) is 2. The van der Waals surface area contributed by atoms with Crippen molar-refractivity contribution in [2.45, 2.75) is 0 Å². The fourth-order valence-electron chi connectivity index (χ4n) is 5.33. The van der Waals surface area contributed by atoms with E-state index in [2.05, 4.69) is 97.1 Å². The SMILES string of the molecule is c1ccc(-c2c3ccccc3c(-c3ccccn3)c3c2ccc2c4ccccc4ccc23)nc1. The highest BCUT2D eigenvalue weighted by Gasteiger charge is 2.19. The van der Waals surface area contributed by atoms with E-state index in [9.17, 15) is 0 Å². The molecule has 0 saturated carbocycles. The van der Waals surface area contributed by atoms with E-state index in [1.165, 1.54) is 54.2 Å². The topological polar surface area (TPSA) is 25.8 Å². The third kappa shape index (κ3) is 2.76. The molecule has 0 atom stereocenters. The summed E-state index contributed by atoms with van der Waals surface area (Å²) >= 11 is 0. The van der Waals surface area contributed by atoms with Gasteiger partial charge in [0, 0.05) is 28.9 Å². The number of benzene rings is 5. The van der Waals surface area contributed by atoms with Gasteiger partial charge in [-0.25, -0.2) is 0 Å². The van der Waals surface area contributed by atoms with Crippen molar-refractivity contribution in [2.24, 2.45) is 0 Å². The van der Waals surface area contributed by atoms with Crippen molar-refractivity contribution in [1.82, 2.24) is 9.97 Å². The number of nitrogens with zero attached hydrogens (tertiary/aromatic N) is 2. The molecule has 7 rings (SSSR count). The molecule has 0 fully saturated rings. The summed E-state index contributed by atoms with van der Waals surface area (Å²) in [6, 6.07) is 38.6. The monoisotopic (exact) mass is 432 g/mol. The zero-order chi connectivity index (χ0) is 22.5. The van der Waals surface area contributed by atoms with E-state index < -0.39 is 0 Å². The van der Waals surface area contributed by atoms with Crippen LogP contribution in [0.3, 0.4) is 0 Å². The molecule has 5 aromatic carbocycles. The van der Waals surface area contributed by atoms with Gasteiger partial charge in [-0.1, -0.05) is 84.9 Å². The van der Waals surface area contributed by atoms with Crippen LogP contribution in [0.1, 0.15) is 0 Å². The quantitative estimate of drug-likeness (QED) is 0.202. The lowest BCUT2D eigenvalue weighted by atomic mass is 9.85. The second kappa shape index (κ2) is 7.50. The number of fused-ring (bicyclic) bond motifs is 6. The van der Waals surface area contributed by atoms with Crippen LogP contribution in [0.5, 0.6) is 0 Å². The first-order valence-electron chi connectivity index (χ1n) is 11.5. The van der Waals surface area contributed by atoms with E-state index in [1.807, 2.05) is 24.5 Å². The lowest BCUT2D eigenvalue weighted by Crippen LogP contribution is -1.94. The molecule has 0 aliphatic carbocycles. The molecule has 7 aromatic rings. The third-order valence-electron chi connectivity index (χ3n) is 6.75. The summed E-state index contributed by atoms with van der Waals surface area (Å²) in [6.45, 7) is 0. The van der Waals surface area contributed by atoms with Gasteiger partial charge in [-0.15, -0.1) is 0 Å². The zero-order valence-electron chi connectivity index (χ0n) is 18.4. The first-order chi connectivity index (χ1) is 16.9. The van der Waals surface area contributed by atoms with Gasteiger partial charge in [-0.3, -0.25) is 9.97 Å². The molecule has 0 saturated heterocycles. The van der Waals surface area contributed by atoms with Gasteiger partial charge >= 0.3 is 0 Å². The fraction of sp³-hybridized carbons (Fsp3) is 0. The Bertz CT molecular complexity index is 1840. The van der Waals surface area contributed by atoms with Crippen LogP contribution in [-0.4, -0.2) is 9.97 Å². The summed E-state index contributed by atoms with van der Waals surface area (Å²) in [5, 5.41) is 9.80. The summed E-state index contributed by atoms with van der Waals surface area (Å²) in [5.74, 6) is 0. The highest BCUT2D eigenvalue weighted by Crippen LogP contribution is 2.45. The fourth-order valence-corrected chi connectivity index (χ4v) is 5.33. The van der Waals surface area contributed by atoms with E-state index in [-0.39, 0.29) is 0 Å². The number of rotatable bonds is 2. The molecule has 0 unspecified atom stereocenters. The summed E-state index contributed by atoms with van der Waals surface area (Å²) in [6.07, 6.45) is 3.75. The van der Waals surface area contributed by atoms with Crippen molar-refractivity contribution in [3.63, 3.8) is 0 Å². The average molecular weight is 433 g/mol. The van der Waals surface area contributed by atoms with Gasteiger partial charge in [0.15, 0.2) is 0 Å². The molecule has 2 nitrogen and oxygen atoms in total. The second-order valence-electron chi connectivity index (χ2n) is 8.60. The van der Waals surface area contributed by atoms with Gasteiger partial charge in [-0.2, -0.15) is 0 Å². The first-order valence-corrected chi connectivity index (χ1v) is 11.5. The van der Waals surface area contributed by atoms with Gasteiger partial charge < -0.3 is 0 Å². The molecular formula is C32H20N2. The third-order valence-corrected chi connectivity index (χ3v) is 6.75. The highest BCUT2D eigenvalue weighted by molar-refractivity contribution is 6.29. The van der Waals surface area contributed by atoms with Crippen molar-refractivity contribution < 1.29 is 0 Å². The van der Waals surface area contributed by atoms with Gasteiger partial charge in [0.05, 0.1) is 11.4 Å². The Hall–Kier alpha value is -4.56. The standard InChI is InChI=1S/C32H20N2/c1-2-10-22-21(9-1)15-16-26-23(22)17-18-27-30(28-13-5-7-19-33-28)24-11-3-4-12-25(24)32(31(26)27)29-14-6-8-20-34-29/h1-20H. The Morgan fingerprint density at radius 3 is 1.62 bits per heavy atom. The van der Waals surface area contributed by atoms with Crippen LogP contribution in [0.4, 0.5) is 0 Å². The molecule has 0 bridgehead atoms. The van der Waals surface area contributed by atoms with E-state index in [4.69, 9.17) is 9.97 Å². The Morgan fingerprint density at radius 1 is 0.353 bits per heavy atom. The predicted molar refractivity (Wildman–Crippen MR) is 143 cm³/mol. The molecule has 34 heavy (non-hydrogen) atoms. The lowest BCUT2D eigenvalue weighted by molar-refractivity contribution is 1.33. The van der Waals surface area contributed by atoms with Crippen LogP contribution in [0, 0.1) is 0 Å². The second-order valence-corrected chi connectivity index (χ2v) is 8.60. The van der Waals surface area contributed by atoms with Crippen LogP contribution in [0.2, 0.25) is 0 Å². The largest absolute Gasteiger partial charge is 0.256 e. The molecule has 0 spiro atoms. The molecule has 0 aliphatic rings. The molecule has 0 aliphatic heterocycles. The predicted octanol–water partition coefficient (Wildman–Crippen LogP) is 8.42. The Balaban J connectivity index is 1.79. The Labute approximate surface area is 197 Å². The number of hydrogen-bond donors (Lipinski definition) is 0. The number of pyridine rings is 2. The summed E-state index contributed by atoms with van der Waals surface area (Å²) in [7, 11) is 0. The minimum Gasteiger partial charge on any atom is -0.256 e. The number of aromatic nitrogens is 2. The lowest BCUT2D eigenvalue weighted by Gasteiger charge is -2.19. The first kappa shape index (κ1) is 19.0. The maximum Gasteiger partial charge on any atom is 0.0714 e. The van der Waals surface area contributed by atoms with Crippen molar-refractivity contribution in [2.75, 3.05) is 0 Å². The Kier molecular flexibility index (Phi) is 4.18. The molecular weight excluding hydrogens is 412 g/mol. The molecule has 158 valence electrons. The maximum atomic E-state index is 4.81. The summed E-state index contributed by atoms with van der Waals surface area (Å²) < 4.78 is 0. The van der Waals surface area contributed by atoms with E-state index >= 15 is 0 Å². The van der Waals surface area contributed by atoms with Crippen molar-refractivity contribution in [3.8, 4) is 22.5 Å².